The summed E-state index contributed by atoms with van der Waals surface area (Å²) in [5, 5.41) is 7.13. The smallest absolute Gasteiger partial charge is 0.107 e. The van der Waals surface area contributed by atoms with Crippen molar-refractivity contribution in [1.82, 2.24) is 4.98 Å². The molecule has 0 radical (unpaired) electrons. The van der Waals surface area contributed by atoms with E-state index in [1.165, 1.54) is 0 Å². The lowest BCUT2D eigenvalue weighted by Gasteiger charge is -1.88. The minimum atomic E-state index is 0.519. The normalized spacial score (nSPS) is 10.6. The number of hydrogen-bond donors (Lipinski definition) is 3. The highest BCUT2D eigenvalue weighted by molar-refractivity contribution is 5.94. The molecule has 4 N–H and O–H groups in total. The van der Waals surface area contributed by atoms with E-state index in [4.69, 9.17) is 11.1 Å². The van der Waals surface area contributed by atoms with Crippen LogP contribution in [-0.2, 0) is 0 Å². The number of H-pyrrole nitrogens is 1. The molecular formula is C8H11N3. The third-order valence-electron chi connectivity index (χ3n) is 1.33. The van der Waals surface area contributed by atoms with E-state index in [1.54, 1.807) is 19.2 Å². The summed E-state index contributed by atoms with van der Waals surface area (Å²) in [5.41, 5.74) is 7.00. The Morgan fingerprint density at radius 3 is 2.91 bits per heavy atom. The van der Waals surface area contributed by atoms with E-state index in [9.17, 15) is 0 Å². The van der Waals surface area contributed by atoms with E-state index in [2.05, 4.69) is 4.98 Å². The van der Waals surface area contributed by atoms with Gasteiger partial charge in [0, 0.05) is 17.5 Å². The molecule has 0 aromatic carbocycles. The molecule has 0 aliphatic heterocycles. The summed E-state index contributed by atoms with van der Waals surface area (Å²) >= 11 is 0. The first-order chi connectivity index (χ1) is 5.20. The molecule has 0 unspecified atom stereocenters. The van der Waals surface area contributed by atoms with Crippen LogP contribution in [0.4, 0.5) is 5.82 Å². The zero-order chi connectivity index (χ0) is 8.27. The van der Waals surface area contributed by atoms with Crippen LogP contribution in [0.1, 0.15) is 12.5 Å². The zero-order valence-corrected chi connectivity index (χ0v) is 6.39. The SMILES string of the molecule is CC(=N)/C=C\c1cc[nH]c1N. The monoisotopic (exact) mass is 149 g/mol. The van der Waals surface area contributed by atoms with Crippen molar-refractivity contribution in [3.05, 3.63) is 23.9 Å². The Morgan fingerprint density at radius 1 is 1.73 bits per heavy atom. The number of anilines is 1. The second-order valence-corrected chi connectivity index (χ2v) is 2.36. The van der Waals surface area contributed by atoms with Crippen molar-refractivity contribution in [2.45, 2.75) is 6.92 Å². The molecule has 0 fully saturated rings. The standard InChI is InChI=1S/C8H11N3/c1-6(9)2-3-7-4-5-11-8(7)10/h2-5,9,11H,10H2,1H3/b3-2-,9-6?. The molecule has 0 bridgehead atoms. The molecule has 0 aliphatic carbocycles. The number of nitrogen functional groups attached to an aromatic ring is 1. The molecule has 0 atom stereocenters. The molecule has 3 heteroatoms. The molecule has 11 heavy (non-hydrogen) atoms. The van der Waals surface area contributed by atoms with Crippen molar-refractivity contribution in [1.29, 1.82) is 5.41 Å². The molecule has 1 aromatic heterocycles. The number of rotatable bonds is 2. The highest BCUT2D eigenvalue weighted by atomic mass is 14.8. The lowest BCUT2D eigenvalue weighted by atomic mass is 10.2. The summed E-state index contributed by atoms with van der Waals surface area (Å²) in [6.45, 7) is 1.72. The molecule has 0 amide bonds. The van der Waals surface area contributed by atoms with Gasteiger partial charge in [-0.2, -0.15) is 0 Å². The first-order valence-electron chi connectivity index (χ1n) is 3.36. The maximum Gasteiger partial charge on any atom is 0.107 e. The summed E-state index contributed by atoms with van der Waals surface area (Å²) in [7, 11) is 0. The van der Waals surface area contributed by atoms with Gasteiger partial charge in [-0.05, 0) is 25.1 Å². The van der Waals surface area contributed by atoms with E-state index in [0.29, 0.717) is 11.5 Å². The van der Waals surface area contributed by atoms with Crippen molar-refractivity contribution < 1.29 is 0 Å². The van der Waals surface area contributed by atoms with Crippen LogP contribution < -0.4 is 5.73 Å². The Balaban J connectivity index is 2.79. The van der Waals surface area contributed by atoms with Crippen LogP contribution >= 0.6 is 0 Å². The summed E-state index contributed by atoms with van der Waals surface area (Å²) in [6.07, 6.45) is 5.29. The molecule has 0 saturated heterocycles. The zero-order valence-electron chi connectivity index (χ0n) is 6.39. The number of nitrogens with one attached hydrogen (secondary N) is 2. The van der Waals surface area contributed by atoms with Gasteiger partial charge in [0.05, 0.1) is 0 Å². The minimum Gasteiger partial charge on any atom is -0.385 e. The molecule has 0 saturated carbocycles. The molecule has 58 valence electrons. The average molecular weight is 149 g/mol. The quantitative estimate of drug-likeness (QED) is 0.550. The van der Waals surface area contributed by atoms with Crippen LogP contribution in [0.15, 0.2) is 18.3 Å². The van der Waals surface area contributed by atoms with Crippen LogP contribution in [0.25, 0.3) is 6.08 Å². The topological polar surface area (TPSA) is 65.7 Å². The summed E-state index contributed by atoms with van der Waals surface area (Å²) in [5.74, 6) is 0.641. The van der Waals surface area contributed by atoms with Crippen LogP contribution in [-0.4, -0.2) is 10.7 Å². The minimum absolute atomic E-state index is 0.519. The fourth-order valence-corrected chi connectivity index (χ4v) is 0.754. The Kier molecular flexibility index (Phi) is 2.11. The average Bonchev–Trinajstić information content (AvgIpc) is 2.31. The molecule has 1 aromatic rings. The second-order valence-electron chi connectivity index (χ2n) is 2.36. The van der Waals surface area contributed by atoms with Gasteiger partial charge in [-0.1, -0.05) is 0 Å². The number of aromatic amines is 1. The van der Waals surface area contributed by atoms with Gasteiger partial charge in [-0.15, -0.1) is 0 Å². The number of nitrogens with two attached hydrogens (primary N) is 1. The van der Waals surface area contributed by atoms with E-state index >= 15 is 0 Å². The maximum atomic E-state index is 7.13. The Morgan fingerprint density at radius 2 is 2.45 bits per heavy atom. The van der Waals surface area contributed by atoms with E-state index < -0.39 is 0 Å². The summed E-state index contributed by atoms with van der Waals surface area (Å²) in [4.78, 5) is 2.85. The van der Waals surface area contributed by atoms with Gasteiger partial charge < -0.3 is 16.1 Å². The van der Waals surface area contributed by atoms with Gasteiger partial charge in [-0.3, -0.25) is 0 Å². The van der Waals surface area contributed by atoms with Crippen LogP contribution in [0, 0.1) is 5.41 Å². The Hall–Kier alpha value is -1.51. The van der Waals surface area contributed by atoms with Crippen molar-refractivity contribution in [2.75, 3.05) is 5.73 Å². The van der Waals surface area contributed by atoms with Crippen LogP contribution in [0.2, 0.25) is 0 Å². The fourth-order valence-electron chi connectivity index (χ4n) is 0.754. The Labute approximate surface area is 65.4 Å². The predicted molar refractivity (Wildman–Crippen MR) is 47.6 cm³/mol. The van der Waals surface area contributed by atoms with Gasteiger partial charge in [0.2, 0.25) is 0 Å². The second kappa shape index (κ2) is 3.05. The number of aromatic nitrogens is 1. The van der Waals surface area contributed by atoms with Crippen LogP contribution in [0.5, 0.6) is 0 Å². The van der Waals surface area contributed by atoms with Crippen molar-refractivity contribution in [2.24, 2.45) is 0 Å². The van der Waals surface area contributed by atoms with Gasteiger partial charge >= 0.3 is 0 Å². The first kappa shape index (κ1) is 7.60. The molecule has 1 rings (SSSR count). The Bertz CT molecular complexity index is 283. The third-order valence-corrected chi connectivity index (χ3v) is 1.33. The fraction of sp³-hybridized carbons (Fsp3) is 0.125. The summed E-state index contributed by atoms with van der Waals surface area (Å²) in [6, 6.07) is 1.87. The highest BCUT2D eigenvalue weighted by Gasteiger charge is 1.92. The lowest BCUT2D eigenvalue weighted by molar-refractivity contribution is 1.41. The number of allylic oxidation sites excluding steroid dienone is 1. The number of hydrogen-bond acceptors (Lipinski definition) is 2. The van der Waals surface area contributed by atoms with E-state index in [-0.39, 0.29) is 0 Å². The third kappa shape index (κ3) is 1.97. The first-order valence-corrected chi connectivity index (χ1v) is 3.36. The molecule has 0 aliphatic rings. The van der Waals surface area contributed by atoms with Crippen molar-refractivity contribution in [3.63, 3.8) is 0 Å². The molecule has 3 nitrogen and oxygen atoms in total. The van der Waals surface area contributed by atoms with Gasteiger partial charge in [0.25, 0.3) is 0 Å². The van der Waals surface area contributed by atoms with Gasteiger partial charge in [0.15, 0.2) is 0 Å². The van der Waals surface area contributed by atoms with E-state index in [0.717, 1.165) is 5.56 Å². The van der Waals surface area contributed by atoms with Crippen LogP contribution in [0.3, 0.4) is 0 Å². The summed E-state index contributed by atoms with van der Waals surface area (Å²) < 4.78 is 0. The molecule has 1 heterocycles. The highest BCUT2D eigenvalue weighted by Crippen LogP contribution is 2.09. The van der Waals surface area contributed by atoms with Crippen molar-refractivity contribution >= 4 is 17.6 Å². The van der Waals surface area contributed by atoms with Gasteiger partial charge in [0.1, 0.15) is 5.82 Å². The molecule has 0 spiro atoms. The van der Waals surface area contributed by atoms with Crippen molar-refractivity contribution in [3.8, 4) is 0 Å². The maximum absolute atomic E-state index is 7.13. The predicted octanol–water partition coefficient (Wildman–Crippen LogP) is 1.65. The largest absolute Gasteiger partial charge is 0.385 e. The van der Waals surface area contributed by atoms with E-state index in [1.807, 2.05) is 12.1 Å². The molecular weight excluding hydrogens is 138 g/mol. The lowest BCUT2D eigenvalue weighted by Crippen LogP contribution is -1.86. The van der Waals surface area contributed by atoms with Gasteiger partial charge in [-0.25, -0.2) is 0 Å².